The van der Waals surface area contributed by atoms with Crippen molar-refractivity contribution in [2.24, 2.45) is 0 Å². The molecule has 9 heteroatoms. The minimum atomic E-state index is -4.68. The van der Waals surface area contributed by atoms with Crippen LogP contribution >= 0.6 is 0 Å². The Kier molecular flexibility index (Phi) is 5.98. The van der Waals surface area contributed by atoms with E-state index >= 15 is 0 Å². The van der Waals surface area contributed by atoms with Crippen molar-refractivity contribution in [3.05, 3.63) is 71.3 Å². The molecular weight excluding hydrogens is 423 g/mol. The van der Waals surface area contributed by atoms with Gasteiger partial charge in [0.1, 0.15) is 17.2 Å². The number of alkyl halides is 3. The second kappa shape index (κ2) is 8.86. The number of aryl methyl sites for hydroxylation is 3. The Morgan fingerprint density at radius 2 is 1.62 bits per heavy atom. The summed E-state index contributed by atoms with van der Waals surface area (Å²) in [7, 11) is 0. The predicted octanol–water partition coefficient (Wildman–Crippen LogP) is 6.04. The van der Waals surface area contributed by atoms with Crippen LogP contribution in [-0.2, 0) is 12.6 Å². The van der Waals surface area contributed by atoms with Crippen molar-refractivity contribution in [3.63, 3.8) is 0 Å². The molecule has 0 fully saturated rings. The number of aromatic nitrogens is 3. The van der Waals surface area contributed by atoms with Crippen LogP contribution < -0.4 is 4.74 Å². The zero-order valence-electron chi connectivity index (χ0n) is 17.4. The first-order chi connectivity index (χ1) is 15.3. The molecule has 0 N–H and O–H groups in total. The molecule has 2 heterocycles. The van der Waals surface area contributed by atoms with Gasteiger partial charge in [-0.2, -0.15) is 18.2 Å². The monoisotopic (exact) mass is 443 g/mol. The summed E-state index contributed by atoms with van der Waals surface area (Å²) in [5, 5.41) is 7.54. The summed E-state index contributed by atoms with van der Waals surface area (Å²) in [6, 6.07) is 15.0. The van der Waals surface area contributed by atoms with Crippen LogP contribution in [0.3, 0.4) is 0 Å². The lowest BCUT2D eigenvalue weighted by Crippen LogP contribution is -2.05. The number of ether oxygens (including phenoxy) is 1. The third kappa shape index (κ3) is 4.82. The quantitative estimate of drug-likeness (QED) is 0.324. The number of halogens is 3. The molecule has 0 spiro atoms. The van der Waals surface area contributed by atoms with Crippen LogP contribution in [0.5, 0.6) is 5.75 Å². The fourth-order valence-electron chi connectivity index (χ4n) is 3.36. The first-order valence-electron chi connectivity index (χ1n) is 9.97. The van der Waals surface area contributed by atoms with Crippen molar-refractivity contribution < 1.29 is 27.0 Å². The van der Waals surface area contributed by atoms with Crippen LogP contribution in [0.15, 0.2) is 57.6 Å². The Morgan fingerprint density at radius 1 is 0.906 bits per heavy atom. The van der Waals surface area contributed by atoms with E-state index in [1.807, 2.05) is 50.2 Å². The average Bonchev–Trinajstić information content (AvgIpc) is 3.43. The molecule has 0 bridgehead atoms. The van der Waals surface area contributed by atoms with Gasteiger partial charge in [-0.15, -0.1) is 0 Å². The van der Waals surface area contributed by atoms with Gasteiger partial charge >= 0.3 is 12.1 Å². The third-order valence-corrected chi connectivity index (χ3v) is 4.83. The van der Waals surface area contributed by atoms with Gasteiger partial charge in [0, 0.05) is 23.6 Å². The smallest absolute Gasteiger partial charge is 0.471 e. The van der Waals surface area contributed by atoms with Gasteiger partial charge in [-0.05, 0) is 43.5 Å². The molecule has 0 aliphatic rings. The van der Waals surface area contributed by atoms with Crippen molar-refractivity contribution in [2.75, 3.05) is 6.61 Å². The number of hydrogen-bond donors (Lipinski definition) is 0. The highest BCUT2D eigenvalue weighted by molar-refractivity contribution is 5.61. The number of hydrogen-bond acceptors (Lipinski definition) is 6. The number of rotatable bonds is 7. The van der Waals surface area contributed by atoms with Gasteiger partial charge in [0.2, 0.25) is 5.82 Å². The van der Waals surface area contributed by atoms with E-state index in [1.54, 1.807) is 12.1 Å². The van der Waals surface area contributed by atoms with E-state index in [4.69, 9.17) is 9.26 Å². The molecule has 2 aromatic carbocycles. The fourth-order valence-corrected chi connectivity index (χ4v) is 3.36. The molecule has 32 heavy (non-hydrogen) atoms. The van der Waals surface area contributed by atoms with Gasteiger partial charge in [-0.25, -0.2) is 0 Å². The first-order valence-corrected chi connectivity index (χ1v) is 9.97. The topological polar surface area (TPSA) is 74.2 Å². The molecular formula is C23H20F3N3O3. The van der Waals surface area contributed by atoms with E-state index in [1.165, 1.54) is 0 Å². The van der Waals surface area contributed by atoms with Crippen molar-refractivity contribution >= 4 is 0 Å². The Balaban J connectivity index is 1.36. The summed E-state index contributed by atoms with van der Waals surface area (Å²) in [6.45, 7) is 4.08. The van der Waals surface area contributed by atoms with Gasteiger partial charge in [0.15, 0.2) is 0 Å². The van der Waals surface area contributed by atoms with E-state index < -0.39 is 12.1 Å². The molecule has 0 atom stereocenters. The zero-order chi connectivity index (χ0) is 22.7. The predicted molar refractivity (Wildman–Crippen MR) is 110 cm³/mol. The summed E-state index contributed by atoms with van der Waals surface area (Å²) in [4.78, 5) is 3.44. The molecule has 0 unspecified atom stereocenters. The summed E-state index contributed by atoms with van der Waals surface area (Å²) >= 11 is 0. The highest BCUT2D eigenvalue weighted by Crippen LogP contribution is 2.32. The lowest BCUT2D eigenvalue weighted by atomic mass is 10.1. The molecule has 0 saturated heterocycles. The van der Waals surface area contributed by atoms with Crippen LogP contribution in [0.4, 0.5) is 13.2 Å². The zero-order valence-corrected chi connectivity index (χ0v) is 17.4. The molecule has 166 valence electrons. The van der Waals surface area contributed by atoms with Crippen LogP contribution in [0, 0.1) is 13.8 Å². The molecule has 0 aliphatic carbocycles. The van der Waals surface area contributed by atoms with Crippen molar-refractivity contribution in [1.82, 2.24) is 15.3 Å². The SMILES string of the molecule is Cc1cc(-c2noc(C(F)(F)F)n2)cc(C)c1OCCCc1cc(-c2ccccc2)no1. The lowest BCUT2D eigenvalue weighted by Gasteiger charge is -2.13. The van der Waals surface area contributed by atoms with E-state index in [2.05, 4.69) is 19.8 Å². The number of benzene rings is 2. The second-order valence-corrected chi connectivity index (χ2v) is 7.36. The second-order valence-electron chi connectivity index (χ2n) is 7.36. The largest absolute Gasteiger partial charge is 0.493 e. The molecule has 0 aliphatic heterocycles. The Labute approximate surface area is 182 Å². The van der Waals surface area contributed by atoms with Crippen LogP contribution in [-0.4, -0.2) is 21.9 Å². The van der Waals surface area contributed by atoms with Crippen molar-refractivity contribution in [2.45, 2.75) is 32.9 Å². The minimum Gasteiger partial charge on any atom is -0.493 e. The standard InChI is InChI=1S/C23H20F3N3O3/c1-14-11-17(21-27-22(32-29-21)23(24,25)26)12-15(2)20(14)30-10-6-9-18-13-19(28-31-18)16-7-4-3-5-8-16/h3-5,7-8,11-13H,6,9-10H2,1-2H3. The van der Waals surface area contributed by atoms with Crippen LogP contribution in [0.2, 0.25) is 0 Å². The van der Waals surface area contributed by atoms with Gasteiger partial charge in [-0.1, -0.05) is 40.6 Å². The highest BCUT2D eigenvalue weighted by Gasteiger charge is 2.38. The summed E-state index contributed by atoms with van der Waals surface area (Å²) < 4.78 is 53.7. The molecule has 0 saturated carbocycles. The van der Waals surface area contributed by atoms with Gasteiger partial charge in [-0.3, -0.25) is 0 Å². The van der Waals surface area contributed by atoms with E-state index in [0.29, 0.717) is 30.8 Å². The summed E-state index contributed by atoms with van der Waals surface area (Å²) in [6.07, 6.45) is -3.30. The van der Waals surface area contributed by atoms with E-state index in [-0.39, 0.29) is 5.82 Å². The molecule has 2 aromatic heterocycles. The van der Waals surface area contributed by atoms with Crippen LogP contribution in [0.25, 0.3) is 22.6 Å². The molecule has 4 aromatic rings. The van der Waals surface area contributed by atoms with E-state index in [9.17, 15) is 13.2 Å². The summed E-state index contributed by atoms with van der Waals surface area (Å²) in [5.74, 6) is -0.0368. The maximum atomic E-state index is 12.7. The average molecular weight is 443 g/mol. The Bertz CT molecular complexity index is 1180. The molecule has 6 nitrogen and oxygen atoms in total. The minimum absolute atomic E-state index is 0.116. The normalized spacial score (nSPS) is 11.7. The summed E-state index contributed by atoms with van der Waals surface area (Å²) in [5.41, 5.74) is 3.75. The van der Waals surface area contributed by atoms with E-state index in [0.717, 1.165) is 28.1 Å². The first kappa shape index (κ1) is 21.6. The fraction of sp³-hybridized carbons (Fsp3) is 0.261. The third-order valence-electron chi connectivity index (χ3n) is 4.83. The van der Waals surface area contributed by atoms with Crippen molar-refractivity contribution in [1.29, 1.82) is 0 Å². The Morgan fingerprint density at radius 3 is 2.28 bits per heavy atom. The maximum Gasteiger partial charge on any atom is 0.471 e. The Hall–Kier alpha value is -3.62. The molecule has 4 rings (SSSR count). The highest BCUT2D eigenvalue weighted by atomic mass is 19.4. The number of nitrogens with zero attached hydrogens (tertiary/aromatic N) is 3. The van der Waals surface area contributed by atoms with Crippen molar-refractivity contribution in [3.8, 4) is 28.4 Å². The van der Waals surface area contributed by atoms with Gasteiger partial charge in [0.25, 0.3) is 0 Å². The maximum absolute atomic E-state index is 12.7. The van der Waals surface area contributed by atoms with Crippen LogP contribution in [0.1, 0.15) is 29.2 Å². The lowest BCUT2D eigenvalue weighted by molar-refractivity contribution is -0.159. The molecule has 0 amide bonds. The van der Waals surface area contributed by atoms with Gasteiger partial charge in [0.05, 0.1) is 6.61 Å². The molecule has 0 radical (unpaired) electrons. The van der Waals surface area contributed by atoms with Gasteiger partial charge < -0.3 is 13.8 Å².